The van der Waals surface area contributed by atoms with Crippen LogP contribution in [0.15, 0.2) is 48.6 Å². The summed E-state index contributed by atoms with van der Waals surface area (Å²) in [7, 11) is -4.13. The van der Waals surface area contributed by atoms with Crippen molar-refractivity contribution in [2.75, 3.05) is 55.8 Å². The van der Waals surface area contributed by atoms with Gasteiger partial charge in [0.05, 0.1) is 31.3 Å². The Hall–Kier alpha value is -3.41. The first kappa shape index (κ1) is 41.0. The highest BCUT2D eigenvalue weighted by molar-refractivity contribution is 7.94. The average Bonchev–Trinajstić information content (AvgIpc) is 3.07. The molecule has 14 nitrogen and oxygen atoms in total. The molecule has 0 amide bonds. The van der Waals surface area contributed by atoms with Crippen molar-refractivity contribution in [1.29, 1.82) is 0 Å². The highest BCUT2D eigenvalue weighted by Crippen LogP contribution is 2.40. The van der Waals surface area contributed by atoms with Crippen LogP contribution in [0.3, 0.4) is 0 Å². The summed E-state index contributed by atoms with van der Waals surface area (Å²) in [5.74, 6) is -2.88. The van der Waals surface area contributed by atoms with Crippen LogP contribution in [0.4, 0.5) is 5.69 Å². The van der Waals surface area contributed by atoms with Gasteiger partial charge in [-0.3, -0.25) is 23.7 Å². The molecule has 276 valence electrons. The van der Waals surface area contributed by atoms with Crippen LogP contribution in [0.25, 0.3) is 0 Å². The van der Waals surface area contributed by atoms with Crippen LogP contribution in [0, 0.1) is 11.8 Å². The molecule has 0 heterocycles. The Morgan fingerprint density at radius 1 is 0.880 bits per heavy atom. The molecule has 0 bridgehead atoms. The van der Waals surface area contributed by atoms with Gasteiger partial charge in [0.2, 0.25) is 0 Å². The Balaban J connectivity index is 1.65. The number of carbonyl (C=O) groups is 4. The normalized spacial score (nSPS) is 18.6. The first-order valence-corrected chi connectivity index (χ1v) is 19.3. The van der Waals surface area contributed by atoms with Gasteiger partial charge in [-0.1, -0.05) is 29.3 Å². The van der Waals surface area contributed by atoms with Crippen LogP contribution in [0.5, 0.6) is 0 Å². The Morgan fingerprint density at radius 2 is 1.46 bits per heavy atom. The van der Waals surface area contributed by atoms with Crippen LogP contribution in [-0.4, -0.2) is 103 Å². The molecule has 1 aromatic carbocycles. The van der Waals surface area contributed by atoms with E-state index in [1.54, 1.807) is 50.3 Å². The fourth-order valence-electron chi connectivity index (χ4n) is 5.94. The van der Waals surface area contributed by atoms with E-state index in [0.29, 0.717) is 63.4 Å². The van der Waals surface area contributed by atoms with Crippen LogP contribution in [0.1, 0.15) is 63.9 Å². The number of ketones is 2. The number of hydrogen-bond donors (Lipinski definition) is 2. The summed E-state index contributed by atoms with van der Waals surface area (Å²) in [6.07, 6.45) is 9.55. The number of hydrogen-bond acceptors (Lipinski definition) is 13. The smallest absolute Gasteiger partial charge is 0.306 e. The molecule has 0 spiro atoms. The number of carbonyl (C=O) groups excluding carboxylic acids is 4. The number of Topliss-reactive ketones (excluding diaryl/α,β-unsaturated/α-hetero) is 2. The van der Waals surface area contributed by atoms with Crippen molar-refractivity contribution >= 4 is 57.1 Å². The zero-order valence-electron chi connectivity index (χ0n) is 28.4. The molecule has 1 saturated carbocycles. The Kier molecular flexibility index (Phi) is 17.3. The lowest BCUT2D eigenvalue weighted by molar-refractivity contribution is -0.526. The molecular weight excluding hydrogens is 693 g/mol. The topological polar surface area (TPSA) is 186 Å². The Bertz CT molecular complexity index is 1480. The Morgan fingerprint density at radius 3 is 2.04 bits per heavy atom. The lowest BCUT2D eigenvalue weighted by Crippen LogP contribution is -2.49. The zero-order valence-corrected chi connectivity index (χ0v) is 30.1. The molecule has 2 N–H and O–H groups in total. The molecule has 50 heavy (non-hydrogen) atoms. The van der Waals surface area contributed by atoms with Gasteiger partial charge < -0.3 is 14.4 Å². The van der Waals surface area contributed by atoms with Crippen LogP contribution in [-0.2, 0) is 48.1 Å². The molecule has 3 rings (SSSR count). The van der Waals surface area contributed by atoms with E-state index in [0.717, 1.165) is 23.4 Å². The minimum atomic E-state index is -4.13. The number of ether oxygens (including phenoxy) is 2. The van der Waals surface area contributed by atoms with Gasteiger partial charge in [0.25, 0.3) is 10.1 Å². The lowest BCUT2D eigenvalue weighted by Gasteiger charge is -2.36. The van der Waals surface area contributed by atoms with Gasteiger partial charge in [0.1, 0.15) is 19.0 Å². The van der Waals surface area contributed by atoms with Crippen molar-refractivity contribution < 1.29 is 60.8 Å². The van der Waals surface area contributed by atoms with Gasteiger partial charge in [-0.05, 0) is 44.4 Å². The van der Waals surface area contributed by atoms with Gasteiger partial charge in [-0.25, -0.2) is 9.83 Å². The third-order valence-corrected chi connectivity index (χ3v) is 9.71. The maximum Gasteiger partial charge on any atom is 0.306 e. The molecule has 0 aromatic heterocycles. The van der Waals surface area contributed by atoms with Crippen molar-refractivity contribution in [3.63, 3.8) is 0 Å². The first-order valence-electron chi connectivity index (χ1n) is 16.8. The number of anilines is 1. The van der Waals surface area contributed by atoms with E-state index in [1.807, 2.05) is 16.7 Å². The standard InChI is InChI=1S/C34H46N2O12S2/c1-3-45-29(37)9-5-19-35(21-7-23-49-48-47-41)27-15-11-25(12-16-27)31-33(39)32(34(31)40)26-13-17-28(18-14-26)36(22-8-24-50(42,43)44)20-6-10-30(38)46-4-2/h11-18,26,31-32H,3-10,19-24H2,1-2H3,(H-,41,42,43,44)/p+1. The molecule has 2 aliphatic rings. The highest BCUT2D eigenvalue weighted by Gasteiger charge is 2.52. The number of allylic oxidation sites excluding steroid dienone is 4. The van der Waals surface area contributed by atoms with E-state index in [4.69, 9.17) is 19.3 Å². The summed E-state index contributed by atoms with van der Waals surface area (Å²) in [6.45, 7) is 6.03. The minimum Gasteiger partial charge on any atom is -0.466 e. The molecule has 2 aliphatic carbocycles. The van der Waals surface area contributed by atoms with E-state index in [9.17, 15) is 27.6 Å². The molecule has 0 atom stereocenters. The zero-order chi connectivity index (χ0) is 36.5. The van der Waals surface area contributed by atoms with Crippen LogP contribution >= 0.6 is 12.0 Å². The third-order valence-electron chi connectivity index (χ3n) is 8.30. The molecular formula is C34H47N2O12S2+. The Labute approximate surface area is 297 Å². The van der Waals surface area contributed by atoms with Crippen molar-refractivity contribution in [2.24, 2.45) is 11.8 Å². The quantitative estimate of drug-likeness (QED) is 0.0240. The molecule has 0 saturated heterocycles. The van der Waals surface area contributed by atoms with E-state index < -0.39 is 33.6 Å². The molecule has 1 aromatic rings. The molecule has 0 radical (unpaired) electrons. The van der Waals surface area contributed by atoms with Gasteiger partial charge >= 0.3 is 11.9 Å². The minimum absolute atomic E-state index is 0.167. The summed E-state index contributed by atoms with van der Waals surface area (Å²) in [5.41, 5.74) is 2.21. The fraction of sp³-hybridized carbons (Fsp3) is 0.559. The SMILES string of the molecule is CCOC(=O)CCCN(CCCSOOO)c1ccc(C2C(=O)C(C3C=CC(=[N+](CCCC(=O)OCC)CCCS(=O)(=O)O)C=C3)C2=O)cc1. The monoisotopic (exact) mass is 739 g/mol. The fourth-order valence-corrected chi connectivity index (χ4v) is 6.80. The predicted molar refractivity (Wildman–Crippen MR) is 186 cm³/mol. The van der Waals surface area contributed by atoms with Crippen molar-refractivity contribution in [3.05, 3.63) is 54.1 Å². The van der Waals surface area contributed by atoms with Crippen LogP contribution < -0.4 is 4.90 Å². The number of benzene rings is 1. The summed E-state index contributed by atoms with van der Waals surface area (Å²) >= 11 is 0.960. The van der Waals surface area contributed by atoms with Crippen molar-refractivity contribution in [3.8, 4) is 0 Å². The average molecular weight is 740 g/mol. The molecule has 0 aliphatic heterocycles. The van der Waals surface area contributed by atoms with Crippen molar-refractivity contribution in [1.82, 2.24) is 0 Å². The molecule has 0 unspecified atom stereocenters. The second-order valence-corrected chi connectivity index (χ2v) is 14.1. The van der Waals surface area contributed by atoms with Gasteiger partial charge in [0, 0.05) is 73.9 Å². The number of nitrogens with zero attached hydrogens (tertiary/aromatic N) is 2. The second-order valence-electron chi connectivity index (χ2n) is 11.8. The maximum absolute atomic E-state index is 13.4. The lowest BCUT2D eigenvalue weighted by atomic mass is 9.63. The third kappa shape index (κ3) is 13.0. The van der Waals surface area contributed by atoms with E-state index in [-0.39, 0.29) is 49.4 Å². The molecule has 16 heteroatoms. The summed E-state index contributed by atoms with van der Waals surface area (Å²) in [4.78, 5) is 52.4. The largest absolute Gasteiger partial charge is 0.466 e. The van der Waals surface area contributed by atoms with Crippen LogP contribution in [0.2, 0.25) is 0 Å². The second kappa shape index (κ2) is 21.1. The van der Waals surface area contributed by atoms with Gasteiger partial charge in [-0.15, -0.1) is 4.33 Å². The van der Waals surface area contributed by atoms with Gasteiger partial charge in [-0.2, -0.15) is 8.42 Å². The summed E-state index contributed by atoms with van der Waals surface area (Å²) in [6, 6.07) is 7.27. The number of rotatable bonds is 23. The number of esters is 2. The van der Waals surface area contributed by atoms with E-state index in [1.165, 1.54) is 0 Å². The van der Waals surface area contributed by atoms with E-state index >= 15 is 0 Å². The van der Waals surface area contributed by atoms with Crippen molar-refractivity contribution in [2.45, 2.75) is 58.3 Å². The predicted octanol–water partition coefficient (Wildman–Crippen LogP) is 3.96. The summed E-state index contributed by atoms with van der Waals surface area (Å²) < 4.78 is 48.0. The summed E-state index contributed by atoms with van der Waals surface area (Å²) in [5, 5.41) is 12.0. The van der Waals surface area contributed by atoms with Gasteiger partial charge in [0.15, 0.2) is 17.3 Å². The molecule has 1 fully saturated rings. The highest BCUT2D eigenvalue weighted by atomic mass is 32.2. The maximum atomic E-state index is 13.4. The first-order chi connectivity index (χ1) is 24.0. The van der Waals surface area contributed by atoms with E-state index in [2.05, 4.69) is 14.3 Å².